The minimum atomic E-state index is -0.788. The lowest BCUT2D eigenvalue weighted by molar-refractivity contribution is -0.0266. The van der Waals surface area contributed by atoms with Crippen molar-refractivity contribution in [1.29, 1.82) is 0 Å². The molecule has 1 aliphatic rings. The van der Waals surface area contributed by atoms with Crippen LogP contribution >= 0.6 is 0 Å². The van der Waals surface area contributed by atoms with Gasteiger partial charge in [0.2, 0.25) is 0 Å². The first-order valence-electron chi connectivity index (χ1n) is 7.59. The van der Waals surface area contributed by atoms with E-state index < -0.39 is 5.60 Å². The van der Waals surface area contributed by atoms with E-state index in [9.17, 15) is 5.11 Å². The maximum absolute atomic E-state index is 10.2. The van der Waals surface area contributed by atoms with E-state index in [4.69, 9.17) is 4.74 Å². The molecule has 2 unspecified atom stereocenters. The molecule has 1 aromatic rings. The van der Waals surface area contributed by atoms with Crippen molar-refractivity contribution < 1.29 is 9.84 Å². The molecule has 20 heavy (non-hydrogen) atoms. The number of aryl methyl sites for hydroxylation is 1. The first-order chi connectivity index (χ1) is 9.44. The van der Waals surface area contributed by atoms with Gasteiger partial charge in [0.05, 0.1) is 5.60 Å². The second kappa shape index (κ2) is 6.15. The first kappa shape index (κ1) is 15.3. The number of benzene rings is 1. The summed E-state index contributed by atoms with van der Waals surface area (Å²) in [5, 5.41) is 13.6. The topological polar surface area (TPSA) is 41.5 Å². The normalized spacial score (nSPS) is 21.4. The van der Waals surface area contributed by atoms with Crippen LogP contribution in [0.5, 0.6) is 5.75 Å². The van der Waals surface area contributed by atoms with Crippen LogP contribution in [-0.2, 0) is 6.42 Å². The monoisotopic (exact) mass is 277 g/mol. The zero-order valence-electron chi connectivity index (χ0n) is 13.1. The van der Waals surface area contributed by atoms with Gasteiger partial charge in [0.25, 0.3) is 0 Å². The highest BCUT2D eigenvalue weighted by atomic mass is 16.5. The summed E-state index contributed by atoms with van der Waals surface area (Å²) >= 11 is 0. The molecule has 2 N–H and O–H groups in total. The Labute approximate surface area is 122 Å². The largest absolute Gasteiger partial charge is 0.491 e. The van der Waals surface area contributed by atoms with Gasteiger partial charge >= 0.3 is 0 Å². The second-order valence-corrected chi connectivity index (χ2v) is 6.39. The average Bonchev–Trinajstić information content (AvgIpc) is 2.44. The predicted octanol–water partition coefficient (Wildman–Crippen LogP) is 3.07. The Morgan fingerprint density at radius 1 is 1.45 bits per heavy atom. The first-order valence-corrected chi connectivity index (χ1v) is 7.59. The molecule has 0 bridgehead atoms. The van der Waals surface area contributed by atoms with Crippen LogP contribution in [0, 0.1) is 5.92 Å². The van der Waals surface area contributed by atoms with Crippen LogP contribution in [0.25, 0.3) is 0 Å². The fraction of sp³-hybridized carbons (Fsp3) is 0.647. The molecular weight excluding hydrogens is 250 g/mol. The molecule has 0 aliphatic heterocycles. The van der Waals surface area contributed by atoms with Gasteiger partial charge in [0.1, 0.15) is 12.4 Å². The highest BCUT2D eigenvalue weighted by molar-refractivity contribution is 5.39. The molecule has 2 atom stereocenters. The van der Waals surface area contributed by atoms with Crippen LogP contribution in [0.1, 0.15) is 50.8 Å². The van der Waals surface area contributed by atoms with Gasteiger partial charge in [-0.3, -0.25) is 0 Å². The van der Waals surface area contributed by atoms with Crippen LogP contribution in [0.15, 0.2) is 18.2 Å². The Kier molecular flexibility index (Phi) is 4.71. The average molecular weight is 277 g/mol. The van der Waals surface area contributed by atoms with Crippen LogP contribution in [-0.4, -0.2) is 24.4 Å². The van der Waals surface area contributed by atoms with Crippen molar-refractivity contribution in [3.05, 3.63) is 29.3 Å². The standard InChI is InChI=1S/C17H27NO2/c1-12(2)17(3,19)11-20-14-8-9-15-13(10-14)6-5-7-16(15)18-4/h8-10,12,16,18-19H,5-7,11H2,1-4H3. The number of rotatable bonds is 5. The molecule has 112 valence electrons. The minimum Gasteiger partial charge on any atom is -0.491 e. The van der Waals surface area contributed by atoms with Crippen molar-refractivity contribution in [1.82, 2.24) is 5.32 Å². The van der Waals surface area contributed by atoms with Crippen molar-refractivity contribution >= 4 is 0 Å². The van der Waals surface area contributed by atoms with Gasteiger partial charge in [0, 0.05) is 6.04 Å². The molecule has 1 aromatic carbocycles. The Bertz CT molecular complexity index is 454. The van der Waals surface area contributed by atoms with Crippen molar-refractivity contribution in [3.63, 3.8) is 0 Å². The summed E-state index contributed by atoms with van der Waals surface area (Å²) in [6.07, 6.45) is 3.53. The molecule has 0 saturated carbocycles. The molecule has 0 heterocycles. The van der Waals surface area contributed by atoms with E-state index in [1.807, 2.05) is 33.9 Å². The van der Waals surface area contributed by atoms with Gasteiger partial charge in [0.15, 0.2) is 0 Å². The van der Waals surface area contributed by atoms with E-state index in [1.54, 1.807) is 0 Å². The molecule has 0 radical (unpaired) electrons. The van der Waals surface area contributed by atoms with Crippen molar-refractivity contribution in [2.45, 2.75) is 51.7 Å². The van der Waals surface area contributed by atoms with Crippen molar-refractivity contribution in [3.8, 4) is 5.75 Å². The maximum Gasteiger partial charge on any atom is 0.119 e. The van der Waals surface area contributed by atoms with Crippen LogP contribution in [0.3, 0.4) is 0 Å². The summed E-state index contributed by atoms with van der Waals surface area (Å²) in [5.41, 5.74) is 1.97. The Balaban J connectivity index is 2.08. The predicted molar refractivity (Wildman–Crippen MR) is 82.1 cm³/mol. The van der Waals surface area contributed by atoms with Gasteiger partial charge in [-0.15, -0.1) is 0 Å². The van der Waals surface area contributed by atoms with E-state index in [1.165, 1.54) is 24.0 Å². The van der Waals surface area contributed by atoms with E-state index in [0.717, 1.165) is 12.2 Å². The lowest BCUT2D eigenvalue weighted by atomic mass is 9.87. The summed E-state index contributed by atoms with van der Waals surface area (Å²) in [5.74, 6) is 1.04. The van der Waals surface area contributed by atoms with Gasteiger partial charge in [-0.05, 0) is 62.4 Å². The second-order valence-electron chi connectivity index (χ2n) is 6.39. The summed E-state index contributed by atoms with van der Waals surface area (Å²) in [4.78, 5) is 0. The smallest absolute Gasteiger partial charge is 0.119 e. The number of fused-ring (bicyclic) bond motifs is 1. The van der Waals surface area contributed by atoms with Crippen molar-refractivity contribution in [2.24, 2.45) is 5.92 Å². The zero-order chi connectivity index (χ0) is 14.8. The van der Waals surface area contributed by atoms with Gasteiger partial charge in [-0.25, -0.2) is 0 Å². The number of hydrogen-bond acceptors (Lipinski definition) is 3. The third-order valence-corrected chi connectivity index (χ3v) is 4.55. The Morgan fingerprint density at radius 3 is 2.85 bits per heavy atom. The molecule has 3 heteroatoms. The zero-order valence-corrected chi connectivity index (χ0v) is 13.1. The fourth-order valence-electron chi connectivity index (χ4n) is 2.58. The summed E-state index contributed by atoms with van der Waals surface area (Å²) < 4.78 is 5.80. The maximum atomic E-state index is 10.2. The highest BCUT2D eigenvalue weighted by Crippen LogP contribution is 2.32. The van der Waals surface area contributed by atoms with Gasteiger partial charge in [-0.1, -0.05) is 19.9 Å². The molecule has 1 aliphatic carbocycles. The van der Waals surface area contributed by atoms with E-state index in [-0.39, 0.29) is 5.92 Å². The molecule has 0 fully saturated rings. The summed E-state index contributed by atoms with van der Waals surface area (Å²) in [6.45, 7) is 6.17. The number of nitrogens with one attached hydrogen (secondary N) is 1. The molecular formula is C17H27NO2. The third-order valence-electron chi connectivity index (χ3n) is 4.55. The SMILES string of the molecule is CNC1CCCc2cc(OCC(C)(O)C(C)C)ccc21. The van der Waals surface area contributed by atoms with Crippen LogP contribution < -0.4 is 10.1 Å². The molecule has 0 aromatic heterocycles. The highest BCUT2D eigenvalue weighted by Gasteiger charge is 2.26. The minimum absolute atomic E-state index is 0.175. The molecule has 0 amide bonds. The summed E-state index contributed by atoms with van der Waals surface area (Å²) in [7, 11) is 2.02. The lowest BCUT2D eigenvalue weighted by Crippen LogP contribution is -2.37. The van der Waals surface area contributed by atoms with E-state index in [0.29, 0.717) is 12.6 Å². The quantitative estimate of drug-likeness (QED) is 0.869. The van der Waals surface area contributed by atoms with Crippen LogP contribution in [0.2, 0.25) is 0 Å². The molecule has 0 spiro atoms. The lowest BCUT2D eigenvalue weighted by Gasteiger charge is -2.28. The Morgan fingerprint density at radius 2 is 2.20 bits per heavy atom. The number of ether oxygens (including phenoxy) is 1. The van der Waals surface area contributed by atoms with Gasteiger partial charge < -0.3 is 15.2 Å². The molecule has 3 nitrogen and oxygen atoms in total. The number of aliphatic hydroxyl groups is 1. The molecule has 0 saturated heterocycles. The van der Waals surface area contributed by atoms with Crippen molar-refractivity contribution in [2.75, 3.05) is 13.7 Å². The van der Waals surface area contributed by atoms with Crippen LogP contribution in [0.4, 0.5) is 0 Å². The Hall–Kier alpha value is -1.06. The number of hydrogen-bond donors (Lipinski definition) is 2. The summed E-state index contributed by atoms with van der Waals surface area (Å²) in [6, 6.07) is 6.78. The van der Waals surface area contributed by atoms with E-state index in [2.05, 4.69) is 17.4 Å². The van der Waals surface area contributed by atoms with Gasteiger partial charge in [-0.2, -0.15) is 0 Å². The molecule has 2 rings (SSSR count). The van der Waals surface area contributed by atoms with E-state index >= 15 is 0 Å². The fourth-order valence-corrected chi connectivity index (χ4v) is 2.58. The third kappa shape index (κ3) is 3.33.